The van der Waals surface area contributed by atoms with Crippen LogP contribution < -0.4 is 0 Å². The van der Waals surface area contributed by atoms with E-state index in [2.05, 4.69) is 0 Å². The van der Waals surface area contributed by atoms with Crippen LogP contribution in [0.15, 0.2) is 24.4 Å². The minimum absolute atomic E-state index is 0.0823. The largest absolute Gasteiger partial charge is 0.418 e. The van der Waals surface area contributed by atoms with E-state index in [1.54, 1.807) is 23.8 Å². The van der Waals surface area contributed by atoms with Gasteiger partial charge in [0.1, 0.15) is 0 Å². The predicted molar refractivity (Wildman–Crippen MR) is 76.8 cm³/mol. The summed E-state index contributed by atoms with van der Waals surface area (Å²) < 4.78 is 45.6. The van der Waals surface area contributed by atoms with Gasteiger partial charge >= 0.3 is 6.18 Å². The number of aliphatic hydroxyl groups excluding tert-OH is 1. The summed E-state index contributed by atoms with van der Waals surface area (Å²) in [6.45, 7) is 0.867. The monoisotopic (exact) mass is 313 g/mol. The van der Waals surface area contributed by atoms with Gasteiger partial charge in [-0.2, -0.15) is 13.2 Å². The van der Waals surface area contributed by atoms with Crippen LogP contribution in [0.5, 0.6) is 0 Å². The summed E-state index contributed by atoms with van der Waals surface area (Å²) in [6.07, 6.45) is -3.60. The zero-order valence-corrected chi connectivity index (χ0v) is 12.2. The maximum Gasteiger partial charge on any atom is 0.418 e. The van der Waals surface area contributed by atoms with Crippen molar-refractivity contribution in [2.75, 3.05) is 13.7 Å². The first-order chi connectivity index (χ1) is 10.4. The molecule has 1 fully saturated rings. The van der Waals surface area contributed by atoms with Crippen LogP contribution in [0, 0.1) is 0 Å². The molecule has 0 saturated heterocycles. The summed E-state index contributed by atoms with van der Waals surface area (Å²) in [5.74, 6) is 0.413. The smallest absolute Gasteiger partial charge is 0.383 e. The molecule has 2 aromatic rings. The molecule has 0 aliphatic heterocycles. The molecular formula is C16H18F3NO2. The van der Waals surface area contributed by atoms with Crippen LogP contribution in [0.1, 0.15) is 36.0 Å². The van der Waals surface area contributed by atoms with Crippen LogP contribution in [0.2, 0.25) is 0 Å². The lowest BCUT2D eigenvalue weighted by atomic mass is 10.0. The first-order valence-corrected chi connectivity index (χ1v) is 7.29. The van der Waals surface area contributed by atoms with Crippen molar-refractivity contribution in [2.24, 2.45) is 0 Å². The van der Waals surface area contributed by atoms with E-state index in [-0.39, 0.29) is 5.56 Å². The molecule has 1 saturated carbocycles. The Morgan fingerprint density at radius 1 is 1.36 bits per heavy atom. The van der Waals surface area contributed by atoms with Gasteiger partial charge in [0, 0.05) is 30.8 Å². The van der Waals surface area contributed by atoms with Gasteiger partial charge in [0.25, 0.3) is 0 Å². The lowest BCUT2D eigenvalue weighted by Crippen LogP contribution is -2.20. The number of alkyl halides is 3. The van der Waals surface area contributed by atoms with Crippen molar-refractivity contribution in [3.05, 3.63) is 35.5 Å². The number of benzene rings is 1. The Labute approximate surface area is 126 Å². The van der Waals surface area contributed by atoms with E-state index in [4.69, 9.17) is 4.74 Å². The molecular weight excluding hydrogens is 295 g/mol. The van der Waals surface area contributed by atoms with Crippen LogP contribution in [-0.2, 0) is 11.3 Å². The standard InChI is InChI=1S/C16H18F3NO2/c1-22-8-7-20-9-13(15(21)16(17,18)19)12-4-2-3-11(14(12)20)10-5-6-10/h2-4,9-10,15,21H,5-8H2,1H3. The van der Waals surface area contributed by atoms with E-state index in [1.807, 2.05) is 6.07 Å². The van der Waals surface area contributed by atoms with Gasteiger partial charge in [-0.25, -0.2) is 0 Å². The van der Waals surface area contributed by atoms with Crippen molar-refractivity contribution in [3.63, 3.8) is 0 Å². The summed E-state index contributed by atoms with van der Waals surface area (Å²) in [6, 6.07) is 5.38. The molecule has 1 aliphatic rings. The molecule has 6 heteroatoms. The van der Waals surface area contributed by atoms with E-state index in [9.17, 15) is 18.3 Å². The quantitative estimate of drug-likeness (QED) is 0.912. The third-order valence-corrected chi connectivity index (χ3v) is 4.12. The zero-order valence-electron chi connectivity index (χ0n) is 12.2. The van der Waals surface area contributed by atoms with Gasteiger partial charge in [-0.15, -0.1) is 0 Å². The second-order valence-corrected chi connectivity index (χ2v) is 5.73. The number of para-hydroxylation sites is 1. The topological polar surface area (TPSA) is 34.4 Å². The number of methoxy groups -OCH3 is 1. The molecule has 120 valence electrons. The first-order valence-electron chi connectivity index (χ1n) is 7.29. The van der Waals surface area contributed by atoms with E-state index >= 15 is 0 Å². The van der Waals surface area contributed by atoms with Crippen molar-refractivity contribution < 1.29 is 23.0 Å². The van der Waals surface area contributed by atoms with Gasteiger partial charge in [0.2, 0.25) is 0 Å². The summed E-state index contributed by atoms with van der Waals surface area (Å²) in [5.41, 5.74) is 1.77. The summed E-state index contributed by atoms with van der Waals surface area (Å²) >= 11 is 0. The van der Waals surface area contributed by atoms with Gasteiger partial charge in [-0.3, -0.25) is 0 Å². The molecule has 1 aromatic heterocycles. The molecule has 1 heterocycles. The third-order valence-electron chi connectivity index (χ3n) is 4.12. The van der Waals surface area contributed by atoms with Crippen molar-refractivity contribution in [3.8, 4) is 0 Å². The molecule has 3 rings (SSSR count). The predicted octanol–water partition coefficient (Wildman–Crippen LogP) is 3.76. The minimum atomic E-state index is -4.67. The van der Waals surface area contributed by atoms with E-state index in [1.165, 1.54) is 6.20 Å². The maximum absolute atomic E-state index is 12.9. The van der Waals surface area contributed by atoms with Crippen LogP contribution in [0.4, 0.5) is 13.2 Å². The number of hydrogen-bond acceptors (Lipinski definition) is 2. The fourth-order valence-corrected chi connectivity index (χ4v) is 2.90. The Bertz CT molecular complexity index is 674. The fourth-order valence-electron chi connectivity index (χ4n) is 2.90. The molecule has 0 spiro atoms. The van der Waals surface area contributed by atoms with Crippen molar-refractivity contribution >= 4 is 10.9 Å². The lowest BCUT2D eigenvalue weighted by molar-refractivity contribution is -0.206. The highest BCUT2D eigenvalue weighted by Crippen LogP contribution is 2.45. The number of aromatic nitrogens is 1. The average Bonchev–Trinajstić information content (AvgIpc) is 3.25. The molecule has 22 heavy (non-hydrogen) atoms. The minimum Gasteiger partial charge on any atom is -0.383 e. The zero-order chi connectivity index (χ0) is 15.9. The Morgan fingerprint density at radius 2 is 2.09 bits per heavy atom. The van der Waals surface area contributed by atoms with E-state index in [0.29, 0.717) is 24.5 Å². The Balaban J connectivity index is 2.15. The number of fused-ring (bicyclic) bond motifs is 1. The van der Waals surface area contributed by atoms with Gasteiger partial charge in [0.15, 0.2) is 6.10 Å². The Hall–Kier alpha value is -1.53. The highest BCUT2D eigenvalue weighted by molar-refractivity contribution is 5.88. The highest BCUT2D eigenvalue weighted by atomic mass is 19.4. The summed E-state index contributed by atoms with van der Waals surface area (Å²) in [7, 11) is 1.55. The number of ether oxygens (including phenoxy) is 1. The number of aliphatic hydroxyl groups is 1. The number of nitrogens with zero attached hydrogens (tertiary/aromatic N) is 1. The molecule has 3 nitrogen and oxygen atoms in total. The highest BCUT2D eigenvalue weighted by Gasteiger charge is 2.41. The molecule has 1 atom stereocenters. The van der Waals surface area contributed by atoms with Crippen molar-refractivity contribution in [2.45, 2.75) is 37.6 Å². The van der Waals surface area contributed by atoms with Crippen LogP contribution in [0.25, 0.3) is 10.9 Å². The first kappa shape index (κ1) is 15.4. The normalized spacial score (nSPS) is 17.1. The molecule has 0 radical (unpaired) electrons. The molecule has 1 aromatic carbocycles. The molecule has 1 aliphatic carbocycles. The van der Waals surface area contributed by atoms with Gasteiger partial charge in [-0.05, 0) is 24.3 Å². The van der Waals surface area contributed by atoms with Gasteiger partial charge in [-0.1, -0.05) is 18.2 Å². The van der Waals surface area contributed by atoms with E-state index < -0.39 is 12.3 Å². The van der Waals surface area contributed by atoms with Gasteiger partial charge < -0.3 is 14.4 Å². The maximum atomic E-state index is 12.9. The van der Waals surface area contributed by atoms with Crippen molar-refractivity contribution in [1.29, 1.82) is 0 Å². The number of rotatable bonds is 5. The van der Waals surface area contributed by atoms with E-state index in [0.717, 1.165) is 23.9 Å². The van der Waals surface area contributed by atoms with Crippen LogP contribution >= 0.6 is 0 Å². The molecule has 1 unspecified atom stereocenters. The SMILES string of the molecule is COCCn1cc(C(O)C(F)(F)F)c2cccc(C3CC3)c21. The number of hydrogen-bond donors (Lipinski definition) is 1. The summed E-state index contributed by atoms with van der Waals surface area (Å²) in [5, 5.41) is 10.1. The number of halogens is 3. The average molecular weight is 313 g/mol. The third kappa shape index (κ3) is 2.73. The van der Waals surface area contributed by atoms with Gasteiger partial charge in [0.05, 0.1) is 12.1 Å². The fraction of sp³-hybridized carbons (Fsp3) is 0.500. The second kappa shape index (κ2) is 5.59. The second-order valence-electron chi connectivity index (χ2n) is 5.73. The molecule has 1 N–H and O–H groups in total. The Morgan fingerprint density at radius 3 is 2.68 bits per heavy atom. The van der Waals surface area contributed by atoms with Crippen LogP contribution in [0.3, 0.4) is 0 Å². The Kier molecular flexibility index (Phi) is 3.91. The molecule has 0 amide bonds. The molecule has 0 bridgehead atoms. The lowest BCUT2D eigenvalue weighted by Gasteiger charge is -2.13. The van der Waals surface area contributed by atoms with Crippen LogP contribution in [-0.4, -0.2) is 29.6 Å². The van der Waals surface area contributed by atoms with Crippen molar-refractivity contribution in [1.82, 2.24) is 4.57 Å². The summed E-state index contributed by atoms with van der Waals surface area (Å²) in [4.78, 5) is 0.